The molecule has 15 heavy (non-hydrogen) atoms. The molecule has 2 N–H and O–H groups in total. The Morgan fingerprint density at radius 2 is 1.73 bits per heavy atom. The first-order valence-corrected chi connectivity index (χ1v) is 5.55. The summed E-state index contributed by atoms with van der Waals surface area (Å²) < 4.78 is 4.54. The number of rotatable bonds is 8. The van der Waals surface area contributed by atoms with Crippen LogP contribution in [0.25, 0.3) is 0 Å². The zero-order valence-electron chi connectivity index (χ0n) is 9.83. The molecule has 0 saturated carbocycles. The first-order chi connectivity index (χ1) is 6.72. The maximum atomic E-state index is 10.9. The van der Waals surface area contributed by atoms with E-state index in [9.17, 15) is 4.79 Å². The molecule has 0 amide bonds. The summed E-state index contributed by atoms with van der Waals surface area (Å²) in [7, 11) is 1.38. The Hall–Kier alpha value is -0.280. The highest BCUT2D eigenvalue weighted by atomic mass is 35.5. The Morgan fingerprint density at radius 3 is 2.27 bits per heavy atom. The topological polar surface area (TPSA) is 52.3 Å². The molecular formula is C11H24ClNO2. The molecule has 92 valence electrons. The normalized spacial score (nSPS) is 11.7. The number of hydrogen-bond acceptors (Lipinski definition) is 3. The predicted molar refractivity (Wildman–Crippen MR) is 65.2 cm³/mol. The van der Waals surface area contributed by atoms with Gasteiger partial charge in [-0.25, -0.2) is 0 Å². The summed E-state index contributed by atoms with van der Waals surface area (Å²) in [5.41, 5.74) is 5.59. The number of hydrogen-bond donors (Lipinski definition) is 1. The molecule has 1 unspecified atom stereocenters. The number of methoxy groups -OCH3 is 1. The van der Waals surface area contributed by atoms with Crippen LogP contribution >= 0.6 is 12.4 Å². The summed E-state index contributed by atoms with van der Waals surface area (Å²) in [5.74, 6) is -0.293. The zero-order chi connectivity index (χ0) is 10.8. The molecule has 0 radical (unpaired) electrons. The quantitative estimate of drug-likeness (QED) is 0.522. The third-order valence-electron chi connectivity index (χ3n) is 2.37. The number of esters is 1. The summed E-state index contributed by atoms with van der Waals surface area (Å²) in [6, 6.07) is -0.425. The molecule has 0 aromatic rings. The molecule has 3 nitrogen and oxygen atoms in total. The van der Waals surface area contributed by atoms with Gasteiger partial charge in [0.1, 0.15) is 6.04 Å². The number of nitrogens with two attached hydrogens (primary N) is 1. The largest absolute Gasteiger partial charge is 0.468 e. The van der Waals surface area contributed by atoms with E-state index in [1.807, 2.05) is 0 Å². The van der Waals surface area contributed by atoms with Crippen LogP contribution in [-0.4, -0.2) is 19.1 Å². The van der Waals surface area contributed by atoms with E-state index in [2.05, 4.69) is 11.7 Å². The summed E-state index contributed by atoms with van der Waals surface area (Å²) in [5, 5.41) is 0. The van der Waals surface area contributed by atoms with Gasteiger partial charge in [-0.1, -0.05) is 45.4 Å². The molecule has 0 heterocycles. The lowest BCUT2D eigenvalue weighted by Gasteiger charge is -2.08. The molecule has 1 atom stereocenters. The van der Waals surface area contributed by atoms with Gasteiger partial charge in [0.15, 0.2) is 0 Å². The van der Waals surface area contributed by atoms with Gasteiger partial charge in [-0.05, 0) is 6.42 Å². The second kappa shape index (κ2) is 11.8. The van der Waals surface area contributed by atoms with E-state index in [1.54, 1.807) is 0 Å². The fourth-order valence-corrected chi connectivity index (χ4v) is 1.41. The van der Waals surface area contributed by atoms with Gasteiger partial charge in [-0.3, -0.25) is 4.79 Å². The Labute approximate surface area is 99.2 Å². The van der Waals surface area contributed by atoms with Crippen molar-refractivity contribution in [3.05, 3.63) is 0 Å². The van der Waals surface area contributed by atoms with Crippen LogP contribution < -0.4 is 5.73 Å². The fourth-order valence-electron chi connectivity index (χ4n) is 1.41. The first-order valence-electron chi connectivity index (χ1n) is 5.55. The Bertz CT molecular complexity index is 154. The SMILES string of the molecule is CCCCCCCCC(N)C(=O)OC.Cl. The third kappa shape index (κ3) is 10.0. The van der Waals surface area contributed by atoms with E-state index in [4.69, 9.17) is 5.73 Å². The van der Waals surface area contributed by atoms with E-state index in [0.29, 0.717) is 0 Å². The Kier molecular flexibility index (Phi) is 13.5. The molecule has 0 fully saturated rings. The van der Waals surface area contributed by atoms with Crippen LogP contribution in [0.4, 0.5) is 0 Å². The highest BCUT2D eigenvalue weighted by Gasteiger charge is 2.11. The van der Waals surface area contributed by atoms with Crippen molar-refractivity contribution >= 4 is 18.4 Å². The summed E-state index contributed by atoms with van der Waals surface area (Å²) in [6.07, 6.45) is 8.07. The van der Waals surface area contributed by atoms with Gasteiger partial charge in [0.25, 0.3) is 0 Å². The maximum absolute atomic E-state index is 10.9. The predicted octanol–water partition coefficient (Wildman–Crippen LogP) is 2.66. The van der Waals surface area contributed by atoms with E-state index in [0.717, 1.165) is 12.8 Å². The molecule has 0 aromatic carbocycles. The van der Waals surface area contributed by atoms with Crippen LogP contribution in [-0.2, 0) is 9.53 Å². The minimum atomic E-state index is -0.425. The molecule has 4 heteroatoms. The van der Waals surface area contributed by atoms with E-state index in [1.165, 1.54) is 39.2 Å². The maximum Gasteiger partial charge on any atom is 0.322 e. The lowest BCUT2D eigenvalue weighted by molar-refractivity contribution is -0.142. The van der Waals surface area contributed by atoms with E-state index < -0.39 is 6.04 Å². The number of carbonyl (C=O) groups is 1. The van der Waals surface area contributed by atoms with E-state index in [-0.39, 0.29) is 18.4 Å². The van der Waals surface area contributed by atoms with Crippen molar-refractivity contribution in [3.63, 3.8) is 0 Å². The van der Waals surface area contributed by atoms with Crippen molar-refractivity contribution in [2.75, 3.05) is 7.11 Å². The molecule has 0 spiro atoms. The zero-order valence-corrected chi connectivity index (χ0v) is 10.6. The van der Waals surface area contributed by atoms with Crippen molar-refractivity contribution < 1.29 is 9.53 Å². The van der Waals surface area contributed by atoms with Crippen molar-refractivity contribution in [2.45, 2.75) is 57.9 Å². The number of halogens is 1. The summed E-state index contributed by atoms with van der Waals surface area (Å²) >= 11 is 0. The second-order valence-corrected chi connectivity index (χ2v) is 3.69. The Morgan fingerprint density at radius 1 is 1.20 bits per heavy atom. The molecule has 0 aromatic heterocycles. The van der Waals surface area contributed by atoms with Gasteiger partial charge in [0.05, 0.1) is 7.11 Å². The molecular weight excluding hydrogens is 214 g/mol. The highest BCUT2D eigenvalue weighted by molar-refractivity contribution is 5.85. The van der Waals surface area contributed by atoms with Crippen molar-refractivity contribution in [2.24, 2.45) is 5.73 Å². The van der Waals surface area contributed by atoms with Gasteiger partial charge < -0.3 is 10.5 Å². The standard InChI is InChI=1S/C11H23NO2.ClH/c1-3-4-5-6-7-8-9-10(12)11(13)14-2;/h10H,3-9,12H2,1-2H3;1H. The van der Waals surface area contributed by atoms with Gasteiger partial charge in [0.2, 0.25) is 0 Å². The van der Waals surface area contributed by atoms with Gasteiger partial charge >= 0.3 is 5.97 Å². The Balaban J connectivity index is 0. The van der Waals surface area contributed by atoms with Gasteiger partial charge in [-0.15, -0.1) is 12.4 Å². The minimum absolute atomic E-state index is 0. The van der Waals surface area contributed by atoms with Crippen molar-refractivity contribution in [3.8, 4) is 0 Å². The summed E-state index contributed by atoms with van der Waals surface area (Å²) in [6.45, 7) is 2.20. The average molecular weight is 238 g/mol. The van der Waals surface area contributed by atoms with Crippen LogP contribution in [0.15, 0.2) is 0 Å². The molecule has 0 aliphatic heterocycles. The number of carbonyl (C=O) groups excluding carboxylic acids is 1. The van der Waals surface area contributed by atoms with E-state index >= 15 is 0 Å². The lowest BCUT2D eigenvalue weighted by Crippen LogP contribution is -2.31. The van der Waals surface area contributed by atoms with Crippen LogP contribution in [0.2, 0.25) is 0 Å². The monoisotopic (exact) mass is 237 g/mol. The number of unbranched alkanes of at least 4 members (excludes halogenated alkanes) is 5. The molecule has 0 aliphatic rings. The first kappa shape index (κ1) is 17.1. The lowest BCUT2D eigenvalue weighted by atomic mass is 10.1. The van der Waals surface area contributed by atoms with Crippen LogP contribution in [0.5, 0.6) is 0 Å². The smallest absolute Gasteiger partial charge is 0.322 e. The average Bonchev–Trinajstić information content (AvgIpc) is 2.21. The van der Waals surface area contributed by atoms with Gasteiger partial charge in [0, 0.05) is 0 Å². The molecule has 0 rings (SSSR count). The summed E-state index contributed by atoms with van der Waals surface area (Å²) in [4.78, 5) is 10.9. The molecule has 0 bridgehead atoms. The van der Waals surface area contributed by atoms with Crippen LogP contribution in [0, 0.1) is 0 Å². The van der Waals surface area contributed by atoms with Crippen molar-refractivity contribution in [1.82, 2.24) is 0 Å². The fraction of sp³-hybridized carbons (Fsp3) is 0.909. The third-order valence-corrected chi connectivity index (χ3v) is 2.37. The molecule has 0 aliphatic carbocycles. The highest BCUT2D eigenvalue weighted by Crippen LogP contribution is 2.08. The van der Waals surface area contributed by atoms with Gasteiger partial charge in [-0.2, -0.15) is 0 Å². The van der Waals surface area contributed by atoms with Crippen molar-refractivity contribution in [1.29, 1.82) is 0 Å². The molecule has 0 saturated heterocycles. The number of ether oxygens (including phenoxy) is 1. The minimum Gasteiger partial charge on any atom is -0.468 e. The van der Waals surface area contributed by atoms with Crippen LogP contribution in [0.1, 0.15) is 51.9 Å². The second-order valence-electron chi connectivity index (χ2n) is 3.69. The van der Waals surface area contributed by atoms with Crippen LogP contribution in [0.3, 0.4) is 0 Å².